The number of benzene rings is 2. The molecule has 0 aliphatic rings. The predicted octanol–water partition coefficient (Wildman–Crippen LogP) is 3.42. The molecule has 0 aromatic heterocycles. The van der Waals surface area contributed by atoms with E-state index >= 15 is 0 Å². The molecule has 2 aromatic carbocycles. The Bertz CT molecular complexity index is 500. The van der Waals surface area contributed by atoms with E-state index in [0.29, 0.717) is 0 Å². The van der Waals surface area contributed by atoms with Crippen LogP contribution in [0.2, 0.25) is 0 Å². The zero-order chi connectivity index (χ0) is 14.4. The molecule has 3 heteroatoms. The minimum atomic E-state index is -0.690. The lowest BCUT2D eigenvalue weighted by atomic mass is 10.4. The Morgan fingerprint density at radius 2 is 1.45 bits per heavy atom. The zero-order valence-corrected chi connectivity index (χ0v) is 12.7. The molecule has 2 aromatic rings. The molecule has 0 bridgehead atoms. The van der Waals surface area contributed by atoms with Gasteiger partial charge in [-0.3, -0.25) is 4.79 Å². The normalized spacial score (nSPS) is 12.2. The van der Waals surface area contributed by atoms with E-state index in [1.807, 2.05) is 36.4 Å². The van der Waals surface area contributed by atoms with Crippen molar-refractivity contribution in [1.82, 2.24) is 0 Å². The van der Waals surface area contributed by atoms with Gasteiger partial charge in [0.2, 0.25) is 0 Å². The fourth-order valence-electron chi connectivity index (χ4n) is 2.17. The van der Waals surface area contributed by atoms with Crippen molar-refractivity contribution in [3.63, 3.8) is 0 Å². The van der Waals surface area contributed by atoms with Crippen LogP contribution >= 0.6 is 7.92 Å². The van der Waals surface area contributed by atoms with Gasteiger partial charge in [0.15, 0.2) is 0 Å². The Morgan fingerprint density at radius 1 is 1.00 bits per heavy atom. The SMILES string of the molecule is CCC(OC(C)=O)P(c1ccccc1)c1ccccc1. The molecule has 0 amide bonds. The lowest BCUT2D eigenvalue weighted by Gasteiger charge is -2.27. The molecule has 0 aliphatic carbocycles. The van der Waals surface area contributed by atoms with Gasteiger partial charge >= 0.3 is 5.97 Å². The fraction of sp³-hybridized carbons (Fsp3) is 0.235. The highest BCUT2D eigenvalue weighted by Gasteiger charge is 2.25. The third kappa shape index (κ3) is 3.68. The second-order valence-corrected chi connectivity index (χ2v) is 6.86. The molecule has 0 aliphatic heterocycles. The van der Waals surface area contributed by atoms with Gasteiger partial charge in [-0.15, -0.1) is 0 Å². The molecule has 104 valence electrons. The lowest BCUT2D eigenvalue weighted by Crippen LogP contribution is -2.25. The quantitative estimate of drug-likeness (QED) is 0.622. The number of esters is 1. The van der Waals surface area contributed by atoms with Crippen molar-refractivity contribution in [3.05, 3.63) is 60.7 Å². The Balaban J connectivity index is 2.41. The maximum absolute atomic E-state index is 11.4. The van der Waals surface area contributed by atoms with Gasteiger partial charge in [-0.25, -0.2) is 0 Å². The molecule has 0 saturated heterocycles. The topological polar surface area (TPSA) is 26.3 Å². The van der Waals surface area contributed by atoms with E-state index in [2.05, 4.69) is 31.2 Å². The van der Waals surface area contributed by atoms with Crippen LogP contribution in [-0.2, 0) is 9.53 Å². The van der Waals surface area contributed by atoms with Crippen molar-refractivity contribution in [3.8, 4) is 0 Å². The Morgan fingerprint density at radius 3 is 1.80 bits per heavy atom. The van der Waals surface area contributed by atoms with Crippen LogP contribution in [0.5, 0.6) is 0 Å². The molecule has 2 nitrogen and oxygen atoms in total. The van der Waals surface area contributed by atoms with E-state index in [-0.39, 0.29) is 11.8 Å². The molecule has 0 spiro atoms. The van der Waals surface area contributed by atoms with Gasteiger partial charge in [0.25, 0.3) is 0 Å². The molecule has 20 heavy (non-hydrogen) atoms. The van der Waals surface area contributed by atoms with E-state index < -0.39 is 7.92 Å². The predicted molar refractivity (Wildman–Crippen MR) is 84.9 cm³/mol. The molecule has 0 fully saturated rings. The molecule has 0 heterocycles. The Kier molecular flexibility index (Phi) is 5.31. The summed E-state index contributed by atoms with van der Waals surface area (Å²) in [6, 6.07) is 20.6. The Labute approximate surface area is 121 Å². The van der Waals surface area contributed by atoms with Crippen LogP contribution in [0, 0.1) is 0 Å². The van der Waals surface area contributed by atoms with E-state index in [9.17, 15) is 4.79 Å². The molecule has 0 saturated carbocycles. The summed E-state index contributed by atoms with van der Waals surface area (Å²) in [5, 5.41) is 2.48. The molecule has 1 atom stereocenters. The standard InChI is InChI=1S/C17H19O2P/c1-3-17(19-14(2)18)20(15-10-6-4-7-11-15)16-12-8-5-9-13-16/h4-13,17H,3H2,1-2H3. The molecule has 0 N–H and O–H groups in total. The maximum Gasteiger partial charge on any atom is 0.303 e. The summed E-state index contributed by atoms with van der Waals surface area (Å²) < 4.78 is 5.56. The van der Waals surface area contributed by atoms with Gasteiger partial charge < -0.3 is 4.74 Å². The van der Waals surface area contributed by atoms with Gasteiger partial charge in [0, 0.05) is 6.92 Å². The van der Waals surface area contributed by atoms with Crippen molar-refractivity contribution in [2.24, 2.45) is 0 Å². The van der Waals surface area contributed by atoms with E-state index in [1.54, 1.807) is 0 Å². The van der Waals surface area contributed by atoms with Crippen molar-refractivity contribution >= 4 is 24.5 Å². The second kappa shape index (κ2) is 7.21. The second-order valence-electron chi connectivity index (χ2n) is 4.51. The van der Waals surface area contributed by atoms with Crippen molar-refractivity contribution in [2.45, 2.75) is 26.1 Å². The number of hydrogen-bond donors (Lipinski definition) is 0. The monoisotopic (exact) mass is 286 g/mol. The average Bonchev–Trinajstić information content (AvgIpc) is 2.48. The average molecular weight is 286 g/mol. The van der Waals surface area contributed by atoms with Crippen LogP contribution in [-0.4, -0.2) is 11.8 Å². The van der Waals surface area contributed by atoms with E-state index in [0.717, 1.165) is 6.42 Å². The molecular formula is C17H19O2P. The summed E-state index contributed by atoms with van der Waals surface area (Å²) in [6.45, 7) is 3.54. The highest BCUT2D eigenvalue weighted by Crippen LogP contribution is 2.41. The first-order valence-electron chi connectivity index (χ1n) is 6.79. The third-order valence-corrected chi connectivity index (χ3v) is 5.76. The lowest BCUT2D eigenvalue weighted by molar-refractivity contribution is -0.142. The van der Waals surface area contributed by atoms with Crippen LogP contribution < -0.4 is 10.6 Å². The number of rotatable bonds is 5. The van der Waals surface area contributed by atoms with E-state index in [1.165, 1.54) is 17.5 Å². The van der Waals surface area contributed by atoms with Crippen LogP contribution in [0.15, 0.2) is 60.7 Å². The minimum absolute atomic E-state index is 0.0766. The largest absolute Gasteiger partial charge is 0.457 e. The van der Waals surface area contributed by atoms with Crippen LogP contribution in [0.4, 0.5) is 0 Å². The number of ether oxygens (including phenoxy) is 1. The molecular weight excluding hydrogens is 267 g/mol. The summed E-state index contributed by atoms with van der Waals surface area (Å²) in [6.07, 6.45) is 0.815. The molecule has 2 rings (SSSR count). The third-order valence-electron chi connectivity index (χ3n) is 3.01. The van der Waals surface area contributed by atoms with Crippen molar-refractivity contribution < 1.29 is 9.53 Å². The number of carbonyl (C=O) groups is 1. The Hall–Kier alpha value is -1.66. The molecule has 0 radical (unpaired) electrons. The smallest absolute Gasteiger partial charge is 0.303 e. The van der Waals surface area contributed by atoms with Gasteiger partial charge in [-0.1, -0.05) is 67.6 Å². The summed E-state index contributed by atoms with van der Waals surface area (Å²) in [5.74, 6) is -0.288. The molecule has 1 unspecified atom stereocenters. The summed E-state index contributed by atoms with van der Waals surface area (Å²) in [4.78, 5) is 11.4. The van der Waals surface area contributed by atoms with Gasteiger partial charge in [-0.2, -0.15) is 0 Å². The van der Waals surface area contributed by atoms with Crippen LogP contribution in [0.25, 0.3) is 0 Å². The minimum Gasteiger partial charge on any atom is -0.457 e. The number of hydrogen-bond acceptors (Lipinski definition) is 2. The first kappa shape index (κ1) is 14.7. The fourth-order valence-corrected chi connectivity index (χ4v) is 4.74. The highest BCUT2D eigenvalue weighted by atomic mass is 31.1. The summed E-state index contributed by atoms with van der Waals surface area (Å²) in [7, 11) is -0.690. The zero-order valence-electron chi connectivity index (χ0n) is 11.8. The number of carbonyl (C=O) groups excluding carboxylic acids is 1. The van der Waals surface area contributed by atoms with Crippen molar-refractivity contribution in [2.75, 3.05) is 0 Å². The van der Waals surface area contributed by atoms with Crippen molar-refractivity contribution in [1.29, 1.82) is 0 Å². The summed E-state index contributed by atoms with van der Waals surface area (Å²) in [5.41, 5.74) is 0. The van der Waals surface area contributed by atoms with Crippen LogP contribution in [0.3, 0.4) is 0 Å². The van der Waals surface area contributed by atoms with Gasteiger partial charge in [0.05, 0.1) is 0 Å². The maximum atomic E-state index is 11.4. The highest BCUT2D eigenvalue weighted by molar-refractivity contribution is 7.73. The van der Waals surface area contributed by atoms with E-state index in [4.69, 9.17) is 4.74 Å². The van der Waals surface area contributed by atoms with Gasteiger partial charge in [0.1, 0.15) is 5.85 Å². The first-order chi connectivity index (χ1) is 9.72. The van der Waals surface area contributed by atoms with Gasteiger partial charge in [-0.05, 0) is 25.0 Å². The summed E-state index contributed by atoms with van der Waals surface area (Å²) >= 11 is 0. The first-order valence-corrected chi connectivity index (χ1v) is 8.20. The van der Waals surface area contributed by atoms with Crippen LogP contribution in [0.1, 0.15) is 20.3 Å².